The Hall–Kier alpha value is -3.29. The second kappa shape index (κ2) is 9.96. The topological polar surface area (TPSA) is 106 Å². The largest absolute Gasteiger partial charge is 0.445 e. The van der Waals surface area contributed by atoms with Crippen molar-refractivity contribution in [1.29, 1.82) is 0 Å². The summed E-state index contributed by atoms with van der Waals surface area (Å²) in [5.74, 6) is 0.364. The van der Waals surface area contributed by atoms with E-state index < -0.39 is 0 Å². The van der Waals surface area contributed by atoms with E-state index in [1.54, 1.807) is 6.26 Å². The highest BCUT2D eigenvalue weighted by molar-refractivity contribution is 6.40. The maximum Gasteiger partial charge on any atom is 0.323 e. The minimum absolute atomic E-state index is 0.194. The molecule has 0 saturated carbocycles. The Balaban J connectivity index is 0.000000806. The number of benzene rings is 2. The van der Waals surface area contributed by atoms with Gasteiger partial charge in [-0.25, -0.2) is 14.8 Å². The molecule has 0 radical (unpaired) electrons. The average molecular weight is 444 g/mol. The molecule has 7 nitrogen and oxygen atoms in total. The maximum atomic E-state index is 12.1. The molecule has 0 aliphatic rings. The van der Waals surface area contributed by atoms with Crippen molar-refractivity contribution in [2.45, 2.75) is 6.92 Å². The lowest BCUT2D eigenvalue weighted by atomic mass is 10.1. The fourth-order valence-electron chi connectivity index (χ4n) is 2.77. The van der Waals surface area contributed by atoms with Gasteiger partial charge in [-0.3, -0.25) is 0 Å². The summed E-state index contributed by atoms with van der Waals surface area (Å²) in [7, 11) is 0. The number of fused-ring (bicyclic) bond motifs is 1. The number of nitrogens with zero attached hydrogens (tertiary/aromatic N) is 2. The maximum absolute atomic E-state index is 12.1. The molecule has 2 amide bonds. The number of furan rings is 1. The molecule has 4 N–H and O–H groups in total. The molecule has 0 saturated heterocycles. The number of carbonyl (C=O) groups is 1. The number of hydrogen-bond acceptors (Lipinski definition) is 5. The van der Waals surface area contributed by atoms with E-state index in [1.165, 1.54) is 6.33 Å². The number of nitrogens with one attached hydrogen (secondary N) is 2. The third-order valence-electron chi connectivity index (χ3n) is 4.16. The SMILES string of the molecule is Cc1ccc(NC(=O)Nc2ccc(-c3coc4ncnc(N)c34)cc2)cc1.ClCCl. The Morgan fingerprint density at radius 3 is 2.17 bits per heavy atom. The number of carbonyl (C=O) groups excluding carboxylic acids is 1. The van der Waals surface area contributed by atoms with Crippen molar-refractivity contribution in [3.63, 3.8) is 0 Å². The second-order valence-electron chi connectivity index (χ2n) is 6.21. The molecule has 2 aromatic carbocycles. The van der Waals surface area contributed by atoms with Gasteiger partial charge in [-0.05, 0) is 36.8 Å². The van der Waals surface area contributed by atoms with Crippen LogP contribution in [0.4, 0.5) is 22.0 Å². The molecule has 2 heterocycles. The summed E-state index contributed by atoms with van der Waals surface area (Å²) in [6.07, 6.45) is 2.97. The molecular formula is C21H19Cl2N5O2. The van der Waals surface area contributed by atoms with Gasteiger partial charge < -0.3 is 20.8 Å². The zero-order chi connectivity index (χ0) is 21.5. The van der Waals surface area contributed by atoms with Crippen LogP contribution in [0.15, 0.2) is 65.5 Å². The minimum Gasteiger partial charge on any atom is -0.445 e. The van der Waals surface area contributed by atoms with E-state index in [0.29, 0.717) is 22.6 Å². The van der Waals surface area contributed by atoms with Gasteiger partial charge in [0.1, 0.15) is 18.4 Å². The highest BCUT2D eigenvalue weighted by atomic mass is 35.5. The van der Waals surface area contributed by atoms with Crippen molar-refractivity contribution in [2.24, 2.45) is 0 Å². The van der Waals surface area contributed by atoms with E-state index in [9.17, 15) is 4.79 Å². The Kier molecular flexibility index (Phi) is 7.11. The van der Waals surface area contributed by atoms with Crippen molar-refractivity contribution in [2.75, 3.05) is 21.7 Å². The summed E-state index contributed by atoms with van der Waals surface area (Å²) in [6.45, 7) is 1.99. The third kappa shape index (κ3) is 5.20. The molecule has 0 spiro atoms. The summed E-state index contributed by atoms with van der Waals surface area (Å²) < 4.78 is 5.44. The second-order valence-corrected chi connectivity index (χ2v) is 7.02. The van der Waals surface area contributed by atoms with Crippen molar-refractivity contribution in [1.82, 2.24) is 9.97 Å². The number of aromatic nitrogens is 2. The first-order valence-corrected chi connectivity index (χ1v) is 9.93. The van der Waals surface area contributed by atoms with Crippen LogP contribution in [-0.4, -0.2) is 21.3 Å². The van der Waals surface area contributed by atoms with Crippen LogP contribution >= 0.6 is 23.2 Å². The van der Waals surface area contributed by atoms with E-state index in [4.69, 9.17) is 33.4 Å². The highest BCUT2D eigenvalue weighted by Crippen LogP contribution is 2.32. The van der Waals surface area contributed by atoms with E-state index in [-0.39, 0.29) is 11.4 Å². The summed E-state index contributed by atoms with van der Waals surface area (Å²) in [4.78, 5) is 20.2. The minimum atomic E-state index is -0.307. The zero-order valence-electron chi connectivity index (χ0n) is 16.0. The van der Waals surface area contributed by atoms with Crippen molar-refractivity contribution >= 4 is 57.5 Å². The molecule has 0 atom stereocenters. The molecule has 0 fully saturated rings. The van der Waals surface area contributed by atoms with E-state index in [1.807, 2.05) is 55.5 Å². The van der Waals surface area contributed by atoms with Crippen molar-refractivity contribution in [3.05, 3.63) is 66.7 Å². The van der Waals surface area contributed by atoms with Crippen molar-refractivity contribution < 1.29 is 9.21 Å². The summed E-state index contributed by atoms with van der Waals surface area (Å²) >= 11 is 9.53. The molecule has 30 heavy (non-hydrogen) atoms. The molecule has 4 rings (SSSR count). The molecule has 9 heteroatoms. The van der Waals surface area contributed by atoms with Crippen LogP contribution in [0.1, 0.15) is 5.56 Å². The number of anilines is 3. The Morgan fingerprint density at radius 1 is 1.00 bits per heavy atom. The van der Waals surface area contributed by atoms with Crippen molar-refractivity contribution in [3.8, 4) is 11.1 Å². The quantitative estimate of drug-likeness (QED) is 0.344. The highest BCUT2D eigenvalue weighted by Gasteiger charge is 2.13. The fourth-order valence-corrected chi connectivity index (χ4v) is 2.77. The van der Waals surface area contributed by atoms with Gasteiger partial charge in [-0.2, -0.15) is 0 Å². The molecule has 0 aliphatic heterocycles. The third-order valence-corrected chi connectivity index (χ3v) is 4.16. The summed E-state index contributed by atoms with van der Waals surface area (Å²) in [5.41, 5.74) is 10.6. The van der Waals surface area contributed by atoms with Gasteiger partial charge in [-0.1, -0.05) is 29.8 Å². The monoisotopic (exact) mass is 443 g/mol. The molecule has 0 aliphatic carbocycles. The Labute approximate surface area is 183 Å². The predicted octanol–water partition coefficient (Wildman–Crippen LogP) is 5.85. The predicted molar refractivity (Wildman–Crippen MR) is 122 cm³/mol. The molecular weight excluding hydrogens is 425 g/mol. The number of hydrogen-bond donors (Lipinski definition) is 3. The van der Waals surface area contributed by atoms with Crippen LogP contribution in [-0.2, 0) is 0 Å². The number of halogens is 2. The van der Waals surface area contributed by atoms with Crippen LogP contribution < -0.4 is 16.4 Å². The van der Waals surface area contributed by atoms with Gasteiger partial charge in [-0.15, -0.1) is 23.2 Å². The normalized spacial score (nSPS) is 10.2. The lowest BCUT2D eigenvalue weighted by Crippen LogP contribution is -2.19. The fraction of sp³-hybridized carbons (Fsp3) is 0.0952. The lowest BCUT2D eigenvalue weighted by Gasteiger charge is -2.08. The number of rotatable bonds is 3. The molecule has 0 bridgehead atoms. The van der Waals surface area contributed by atoms with Gasteiger partial charge in [0.2, 0.25) is 5.71 Å². The zero-order valence-corrected chi connectivity index (χ0v) is 17.5. The smallest absolute Gasteiger partial charge is 0.323 e. The van der Waals surface area contributed by atoms with Crippen LogP contribution in [0, 0.1) is 6.92 Å². The molecule has 0 unspecified atom stereocenters. The van der Waals surface area contributed by atoms with E-state index in [2.05, 4.69) is 20.6 Å². The standard InChI is InChI=1S/C20H17N5O2.CH2Cl2/c1-12-2-6-14(7-3-12)24-20(26)25-15-8-4-13(5-9-15)16-10-27-19-17(16)18(21)22-11-23-19;2-1-3/h2-11H,1H3,(H2,21,22,23)(H2,24,25,26);1H2. The molecule has 154 valence electrons. The first-order valence-electron chi connectivity index (χ1n) is 8.86. The van der Waals surface area contributed by atoms with Crippen LogP contribution in [0.3, 0.4) is 0 Å². The number of nitrogen functional groups attached to an aromatic ring is 1. The van der Waals surface area contributed by atoms with E-state index >= 15 is 0 Å². The van der Waals surface area contributed by atoms with Crippen LogP contribution in [0.25, 0.3) is 22.2 Å². The summed E-state index contributed by atoms with van der Waals surface area (Å²) in [6, 6.07) is 14.6. The molecule has 2 aromatic heterocycles. The first-order chi connectivity index (χ1) is 14.5. The van der Waals surface area contributed by atoms with E-state index in [0.717, 1.165) is 22.4 Å². The Bertz CT molecular complexity index is 1130. The number of nitrogens with two attached hydrogens (primary N) is 1. The lowest BCUT2D eigenvalue weighted by molar-refractivity contribution is 0.262. The number of alkyl halides is 2. The number of amides is 2. The number of aryl methyl sites for hydroxylation is 1. The van der Waals surface area contributed by atoms with Gasteiger partial charge in [0.15, 0.2) is 0 Å². The molecule has 4 aromatic rings. The average Bonchev–Trinajstić information content (AvgIpc) is 3.16. The first kappa shape index (κ1) is 21.4. The summed E-state index contributed by atoms with van der Waals surface area (Å²) in [5, 5.41) is 6.47. The van der Waals surface area contributed by atoms with Gasteiger partial charge in [0, 0.05) is 16.9 Å². The number of urea groups is 1. The van der Waals surface area contributed by atoms with Gasteiger partial charge in [0.05, 0.1) is 10.7 Å². The van der Waals surface area contributed by atoms with Gasteiger partial charge >= 0.3 is 6.03 Å². The Morgan fingerprint density at radius 2 is 1.57 bits per heavy atom. The van der Waals surface area contributed by atoms with Crippen LogP contribution in [0.5, 0.6) is 0 Å². The van der Waals surface area contributed by atoms with Crippen LogP contribution in [0.2, 0.25) is 0 Å². The van der Waals surface area contributed by atoms with Gasteiger partial charge in [0.25, 0.3) is 0 Å².